The number of rotatable bonds is 51. The van der Waals surface area contributed by atoms with Crippen LogP contribution in [0.4, 0.5) is 0 Å². The summed E-state index contributed by atoms with van der Waals surface area (Å²) in [5.41, 5.74) is 0. The summed E-state index contributed by atoms with van der Waals surface area (Å²) in [4.78, 5) is 12.5. The number of amides is 1. The van der Waals surface area contributed by atoms with Gasteiger partial charge in [0.05, 0.1) is 18.8 Å². The Morgan fingerprint density at radius 1 is 0.397 bits per heavy atom. The van der Waals surface area contributed by atoms with Crippen molar-refractivity contribution in [3.05, 3.63) is 48.6 Å². The molecular formula is C58H109NO4. The van der Waals surface area contributed by atoms with E-state index >= 15 is 0 Å². The molecule has 5 nitrogen and oxygen atoms in total. The second kappa shape index (κ2) is 52.9. The second-order valence-corrected chi connectivity index (χ2v) is 19.1. The molecule has 0 spiro atoms. The summed E-state index contributed by atoms with van der Waals surface area (Å²) in [6, 6.07) is -0.834. The van der Waals surface area contributed by atoms with Gasteiger partial charge >= 0.3 is 0 Å². The molecule has 0 bridgehead atoms. The van der Waals surface area contributed by atoms with E-state index < -0.39 is 18.2 Å². The first-order chi connectivity index (χ1) is 31.1. The molecule has 0 saturated carbocycles. The number of nitrogens with one attached hydrogen (secondary N) is 1. The van der Waals surface area contributed by atoms with E-state index in [1.54, 1.807) is 0 Å². The fourth-order valence-corrected chi connectivity index (χ4v) is 8.56. The van der Waals surface area contributed by atoms with Crippen LogP contribution in [0, 0.1) is 0 Å². The van der Waals surface area contributed by atoms with Crippen molar-refractivity contribution in [3.8, 4) is 0 Å². The smallest absolute Gasteiger partial charge is 0.220 e. The molecule has 370 valence electrons. The van der Waals surface area contributed by atoms with Crippen LogP contribution in [-0.4, -0.2) is 46.1 Å². The van der Waals surface area contributed by atoms with Crippen LogP contribution in [0.5, 0.6) is 0 Å². The number of carbonyl (C=O) groups excluding carboxylic acids is 1. The lowest BCUT2D eigenvalue weighted by Gasteiger charge is -2.26. The first-order valence-electron chi connectivity index (χ1n) is 27.9. The Balaban J connectivity index is 3.57. The summed E-state index contributed by atoms with van der Waals surface area (Å²) in [6.45, 7) is 4.18. The van der Waals surface area contributed by atoms with Gasteiger partial charge < -0.3 is 20.6 Å². The van der Waals surface area contributed by atoms with Crippen LogP contribution in [0.2, 0.25) is 0 Å². The molecule has 0 saturated heterocycles. The third-order valence-corrected chi connectivity index (χ3v) is 12.9. The molecule has 63 heavy (non-hydrogen) atoms. The topological polar surface area (TPSA) is 89.8 Å². The molecule has 0 aliphatic heterocycles. The monoisotopic (exact) mass is 884 g/mol. The van der Waals surface area contributed by atoms with Gasteiger partial charge in [-0.2, -0.15) is 0 Å². The van der Waals surface area contributed by atoms with Crippen LogP contribution in [0.25, 0.3) is 0 Å². The summed E-state index contributed by atoms with van der Waals surface area (Å²) in [7, 11) is 0. The fourth-order valence-electron chi connectivity index (χ4n) is 8.56. The molecule has 0 aromatic rings. The van der Waals surface area contributed by atoms with E-state index in [-0.39, 0.29) is 12.5 Å². The highest BCUT2D eigenvalue weighted by molar-refractivity contribution is 5.76. The summed E-state index contributed by atoms with van der Waals surface area (Å²) in [5, 5.41) is 33.7. The van der Waals surface area contributed by atoms with E-state index in [9.17, 15) is 20.1 Å². The van der Waals surface area contributed by atoms with E-state index in [0.717, 1.165) is 51.4 Å². The number of hydrogen-bond donors (Lipinski definition) is 4. The Kier molecular flexibility index (Phi) is 51.5. The highest BCUT2D eigenvalue weighted by Gasteiger charge is 2.26. The van der Waals surface area contributed by atoms with Gasteiger partial charge in [0, 0.05) is 6.42 Å². The van der Waals surface area contributed by atoms with Crippen molar-refractivity contribution >= 4 is 5.91 Å². The van der Waals surface area contributed by atoms with Gasteiger partial charge in [-0.05, 0) is 83.5 Å². The molecule has 0 aromatic carbocycles. The maximum atomic E-state index is 12.5. The lowest BCUT2D eigenvalue weighted by atomic mass is 10.0. The number of aliphatic hydroxyl groups excluding tert-OH is 3. The van der Waals surface area contributed by atoms with Crippen molar-refractivity contribution < 1.29 is 20.1 Å². The lowest BCUT2D eigenvalue weighted by molar-refractivity contribution is -0.124. The van der Waals surface area contributed by atoms with Gasteiger partial charge in [-0.15, -0.1) is 0 Å². The van der Waals surface area contributed by atoms with Gasteiger partial charge in [0.1, 0.15) is 6.10 Å². The molecule has 0 aromatic heterocycles. The molecule has 0 fully saturated rings. The fraction of sp³-hybridized carbons (Fsp3) is 0.845. The summed E-state index contributed by atoms with van der Waals surface area (Å²) in [6.07, 6.45) is 69.8. The SMILES string of the molecule is CCCCCCCCCCC/C=C\C/C=C\CCCCCCCCCCCCCCCCCC(=O)NC(CO)C(O)C(O)CCC/C=C/CC/C=C/CCCCCCCCCCC. The van der Waals surface area contributed by atoms with Gasteiger partial charge in [-0.1, -0.05) is 249 Å². The zero-order chi connectivity index (χ0) is 45.8. The number of aliphatic hydroxyl groups is 3. The van der Waals surface area contributed by atoms with Crippen LogP contribution >= 0.6 is 0 Å². The molecule has 0 aliphatic rings. The minimum absolute atomic E-state index is 0.157. The summed E-state index contributed by atoms with van der Waals surface area (Å²) < 4.78 is 0. The van der Waals surface area contributed by atoms with E-state index in [4.69, 9.17) is 0 Å². The van der Waals surface area contributed by atoms with Crippen LogP contribution in [0.15, 0.2) is 48.6 Å². The Morgan fingerprint density at radius 2 is 0.698 bits per heavy atom. The van der Waals surface area contributed by atoms with Crippen molar-refractivity contribution in [2.24, 2.45) is 0 Å². The normalized spacial score (nSPS) is 13.7. The largest absolute Gasteiger partial charge is 0.394 e. The van der Waals surface area contributed by atoms with Crippen LogP contribution in [0.3, 0.4) is 0 Å². The minimum Gasteiger partial charge on any atom is -0.394 e. The van der Waals surface area contributed by atoms with Crippen LogP contribution in [-0.2, 0) is 4.79 Å². The third-order valence-electron chi connectivity index (χ3n) is 12.9. The first kappa shape index (κ1) is 61.3. The van der Waals surface area contributed by atoms with Gasteiger partial charge in [0.15, 0.2) is 0 Å². The number of unbranched alkanes of at least 4 members (excludes halogenated alkanes) is 35. The van der Waals surface area contributed by atoms with E-state index in [2.05, 4.69) is 67.8 Å². The maximum Gasteiger partial charge on any atom is 0.220 e. The zero-order valence-corrected chi connectivity index (χ0v) is 42.2. The van der Waals surface area contributed by atoms with Crippen molar-refractivity contribution in [3.63, 3.8) is 0 Å². The maximum absolute atomic E-state index is 12.5. The van der Waals surface area contributed by atoms with Crippen molar-refractivity contribution in [1.82, 2.24) is 5.32 Å². The Morgan fingerprint density at radius 3 is 1.06 bits per heavy atom. The highest BCUT2D eigenvalue weighted by Crippen LogP contribution is 2.16. The summed E-state index contributed by atoms with van der Waals surface area (Å²) in [5.74, 6) is -0.157. The van der Waals surface area contributed by atoms with Gasteiger partial charge in [-0.3, -0.25) is 4.79 Å². The molecular weight excluding hydrogens is 775 g/mol. The van der Waals surface area contributed by atoms with Gasteiger partial charge in [0.2, 0.25) is 5.91 Å². The predicted molar refractivity (Wildman–Crippen MR) is 277 cm³/mol. The quantitative estimate of drug-likeness (QED) is 0.0362. The minimum atomic E-state index is -1.17. The summed E-state index contributed by atoms with van der Waals surface area (Å²) >= 11 is 0. The molecule has 3 unspecified atom stereocenters. The van der Waals surface area contributed by atoms with Crippen molar-refractivity contribution in [2.45, 2.75) is 308 Å². The van der Waals surface area contributed by atoms with E-state index in [1.807, 2.05) is 0 Å². The Bertz CT molecular complexity index is 1020. The molecule has 3 atom stereocenters. The number of hydrogen-bond acceptors (Lipinski definition) is 4. The average Bonchev–Trinajstić information content (AvgIpc) is 3.29. The van der Waals surface area contributed by atoms with Crippen molar-refractivity contribution in [2.75, 3.05) is 6.61 Å². The first-order valence-corrected chi connectivity index (χ1v) is 27.9. The molecule has 4 N–H and O–H groups in total. The zero-order valence-electron chi connectivity index (χ0n) is 42.2. The van der Waals surface area contributed by atoms with E-state index in [1.165, 1.54) is 212 Å². The van der Waals surface area contributed by atoms with Crippen LogP contribution < -0.4 is 5.32 Å². The Labute approximate surface area is 393 Å². The number of allylic oxidation sites excluding steroid dienone is 8. The van der Waals surface area contributed by atoms with Gasteiger partial charge in [0.25, 0.3) is 0 Å². The second-order valence-electron chi connectivity index (χ2n) is 19.1. The molecule has 0 radical (unpaired) electrons. The lowest BCUT2D eigenvalue weighted by Crippen LogP contribution is -2.50. The predicted octanol–water partition coefficient (Wildman–Crippen LogP) is 17.2. The molecule has 5 heteroatoms. The standard InChI is InChI=1S/C58H109NO4/c1-3-5-7-9-11-13-15-17-19-21-23-24-25-26-27-28-29-30-31-32-33-34-35-37-39-41-43-45-47-49-51-53-57(62)59-55(54-60)58(63)56(61)52-50-48-46-44-42-40-38-36-22-20-18-16-14-12-10-8-6-4-2/h23-24,26-27,36,38,44,46,55-56,58,60-61,63H,3-22,25,28-35,37,39-43,45,47-54H2,1-2H3,(H,59,62)/b24-23-,27-26-,38-36+,46-44+. The highest BCUT2D eigenvalue weighted by atomic mass is 16.3. The van der Waals surface area contributed by atoms with E-state index in [0.29, 0.717) is 12.8 Å². The van der Waals surface area contributed by atoms with Gasteiger partial charge in [-0.25, -0.2) is 0 Å². The Hall–Kier alpha value is -1.69. The van der Waals surface area contributed by atoms with Crippen LogP contribution in [0.1, 0.15) is 290 Å². The third kappa shape index (κ3) is 48.1. The van der Waals surface area contributed by atoms with Crippen molar-refractivity contribution in [1.29, 1.82) is 0 Å². The molecule has 0 aliphatic carbocycles. The molecule has 1 amide bonds. The molecule has 0 rings (SSSR count). The average molecular weight is 885 g/mol. The number of carbonyl (C=O) groups is 1. The molecule has 0 heterocycles.